The number of aliphatic imine (C=N–C) groups is 1. The van der Waals surface area contributed by atoms with Crippen LogP contribution in [0.2, 0.25) is 0 Å². The van der Waals surface area contributed by atoms with E-state index in [2.05, 4.69) is 10.3 Å². The van der Waals surface area contributed by atoms with Crippen LogP contribution < -0.4 is 16.6 Å². The molecule has 1 saturated heterocycles. The number of hydrogen-bond donors (Lipinski definition) is 1. The van der Waals surface area contributed by atoms with Crippen molar-refractivity contribution in [3.05, 3.63) is 31.3 Å². The molecule has 174 valence electrons. The van der Waals surface area contributed by atoms with E-state index >= 15 is 0 Å². The van der Waals surface area contributed by atoms with Crippen LogP contribution in [0.4, 0.5) is 13.2 Å². The molecule has 0 radical (unpaired) electrons. The van der Waals surface area contributed by atoms with Crippen LogP contribution in [0.3, 0.4) is 0 Å². The second-order valence-electron chi connectivity index (χ2n) is 8.97. The van der Waals surface area contributed by atoms with E-state index in [0.29, 0.717) is 31.2 Å². The summed E-state index contributed by atoms with van der Waals surface area (Å²) in [5.74, 6) is 0.406. The average molecular weight is 471 g/mol. The quantitative estimate of drug-likeness (QED) is 0.678. The van der Waals surface area contributed by atoms with Crippen LogP contribution in [-0.4, -0.2) is 39.3 Å². The second kappa shape index (κ2) is 8.61. The van der Waals surface area contributed by atoms with Crippen molar-refractivity contribution in [2.75, 3.05) is 13.1 Å². The van der Waals surface area contributed by atoms with E-state index in [1.165, 1.54) is 0 Å². The number of halogens is 3. The van der Waals surface area contributed by atoms with E-state index in [0.717, 1.165) is 25.3 Å². The maximum Gasteiger partial charge on any atom is 0.390 e. The Bertz CT molecular complexity index is 1210. The number of thiophene rings is 1. The van der Waals surface area contributed by atoms with Crippen molar-refractivity contribution in [1.29, 1.82) is 5.26 Å². The number of fused-ring (bicyclic) bond motifs is 1. The van der Waals surface area contributed by atoms with Crippen LogP contribution >= 0.6 is 11.3 Å². The molecule has 12 heteroatoms. The molecule has 0 atom stereocenters. The van der Waals surface area contributed by atoms with Crippen LogP contribution in [-0.2, 0) is 19.6 Å². The van der Waals surface area contributed by atoms with Gasteiger partial charge in [0.25, 0.3) is 5.56 Å². The van der Waals surface area contributed by atoms with Gasteiger partial charge in [-0.15, -0.1) is 16.3 Å². The fourth-order valence-corrected chi connectivity index (χ4v) is 4.98. The van der Waals surface area contributed by atoms with Crippen molar-refractivity contribution >= 4 is 27.5 Å². The molecule has 1 fully saturated rings. The van der Waals surface area contributed by atoms with Crippen molar-refractivity contribution < 1.29 is 13.2 Å². The first-order chi connectivity index (χ1) is 14.8. The molecule has 2 aromatic heterocycles. The summed E-state index contributed by atoms with van der Waals surface area (Å²) in [6.07, 6.45) is -3.87. The third-order valence-corrected chi connectivity index (χ3v) is 6.40. The van der Waals surface area contributed by atoms with Gasteiger partial charge in [0.1, 0.15) is 4.83 Å². The summed E-state index contributed by atoms with van der Waals surface area (Å²) in [5.41, 5.74) is -1.02. The third-order valence-electron chi connectivity index (χ3n) is 5.10. The van der Waals surface area contributed by atoms with Crippen molar-refractivity contribution in [3.63, 3.8) is 0 Å². The van der Waals surface area contributed by atoms with Gasteiger partial charge in [-0.25, -0.2) is 4.79 Å². The highest BCUT2D eigenvalue weighted by atomic mass is 32.1. The molecule has 32 heavy (non-hydrogen) atoms. The SMILES string of the molecule is Cc1c(CN2CCN/C2=N\C#N)sc2c1c(=O)n(CC(C)(C)C)c(=O)n2CCC(F)(F)F. The summed E-state index contributed by atoms with van der Waals surface area (Å²) in [5, 5.41) is 12.1. The molecule has 1 aliphatic heterocycles. The predicted octanol–water partition coefficient (Wildman–Crippen LogP) is 2.77. The molecular formula is C20H25F3N6O2S. The van der Waals surface area contributed by atoms with E-state index in [-0.39, 0.29) is 16.8 Å². The summed E-state index contributed by atoms with van der Waals surface area (Å²) in [7, 11) is 0. The molecule has 1 aliphatic rings. The van der Waals surface area contributed by atoms with Crippen molar-refractivity contribution in [3.8, 4) is 6.19 Å². The van der Waals surface area contributed by atoms with Crippen LogP contribution in [0.5, 0.6) is 0 Å². The number of nitrogens with one attached hydrogen (secondary N) is 1. The third kappa shape index (κ3) is 4.98. The Morgan fingerprint density at radius 1 is 1.22 bits per heavy atom. The molecular weight excluding hydrogens is 445 g/mol. The standard InChI is InChI=1S/C20H25F3N6O2S/c1-12-13(9-27-8-6-25-17(27)26-11-24)32-16-14(12)15(30)29(10-19(2,3)4)18(31)28(16)7-5-20(21,22)23/h5-10H2,1-4H3,(H,25,26). The van der Waals surface area contributed by atoms with Crippen LogP contribution in [0, 0.1) is 23.8 Å². The summed E-state index contributed by atoms with van der Waals surface area (Å²) in [4.78, 5) is 32.9. The molecule has 0 unspecified atom stereocenters. The van der Waals surface area contributed by atoms with E-state index in [1.807, 2.05) is 25.7 Å². The number of aryl methyl sites for hydroxylation is 2. The zero-order chi connectivity index (χ0) is 23.8. The highest BCUT2D eigenvalue weighted by Crippen LogP contribution is 2.31. The number of hydrogen-bond acceptors (Lipinski definition) is 5. The van der Waals surface area contributed by atoms with E-state index in [1.54, 1.807) is 13.1 Å². The van der Waals surface area contributed by atoms with Crippen LogP contribution in [0.15, 0.2) is 14.6 Å². The van der Waals surface area contributed by atoms with Gasteiger partial charge in [0.05, 0.1) is 18.4 Å². The number of rotatable bonds is 5. The van der Waals surface area contributed by atoms with Crippen molar-refractivity contribution in [2.24, 2.45) is 10.4 Å². The van der Waals surface area contributed by atoms with Gasteiger partial charge in [0.15, 0.2) is 0 Å². The Morgan fingerprint density at radius 2 is 1.91 bits per heavy atom. The minimum Gasteiger partial charge on any atom is -0.354 e. The summed E-state index contributed by atoms with van der Waals surface area (Å²) < 4.78 is 41.0. The molecule has 3 rings (SSSR count). The molecule has 1 N–H and O–H groups in total. The highest BCUT2D eigenvalue weighted by molar-refractivity contribution is 7.18. The molecule has 0 bridgehead atoms. The number of nitriles is 1. The van der Waals surface area contributed by atoms with Crippen molar-refractivity contribution in [1.82, 2.24) is 19.4 Å². The lowest BCUT2D eigenvalue weighted by Gasteiger charge is -2.20. The first-order valence-electron chi connectivity index (χ1n) is 10.1. The first-order valence-corrected chi connectivity index (χ1v) is 10.9. The number of guanidine groups is 1. The lowest BCUT2D eigenvalue weighted by Crippen LogP contribution is -2.42. The minimum absolute atomic E-state index is 0.0895. The summed E-state index contributed by atoms with van der Waals surface area (Å²) in [6.45, 7) is 8.33. The zero-order valence-corrected chi connectivity index (χ0v) is 19.2. The topological polar surface area (TPSA) is 95.4 Å². The normalized spacial score (nSPS) is 16.1. The Hall–Kier alpha value is -2.81. The number of alkyl halides is 3. The van der Waals surface area contributed by atoms with E-state index in [9.17, 15) is 22.8 Å². The van der Waals surface area contributed by atoms with E-state index in [4.69, 9.17) is 5.26 Å². The molecule has 2 aromatic rings. The lowest BCUT2D eigenvalue weighted by atomic mass is 9.97. The second-order valence-corrected chi connectivity index (χ2v) is 10.0. The summed E-state index contributed by atoms with van der Waals surface area (Å²) >= 11 is 1.14. The molecule has 0 aromatic carbocycles. The van der Waals surface area contributed by atoms with Crippen LogP contribution in [0.25, 0.3) is 10.2 Å². The Morgan fingerprint density at radius 3 is 2.50 bits per heavy atom. The molecule has 0 spiro atoms. The first kappa shape index (κ1) is 23.8. The fraction of sp³-hybridized carbons (Fsp3) is 0.600. The monoisotopic (exact) mass is 470 g/mol. The molecule has 0 aliphatic carbocycles. The van der Waals surface area contributed by atoms with Gasteiger partial charge >= 0.3 is 11.9 Å². The van der Waals surface area contributed by atoms with Gasteiger partial charge in [-0.3, -0.25) is 13.9 Å². The van der Waals surface area contributed by atoms with Gasteiger partial charge in [-0.05, 0) is 17.9 Å². The van der Waals surface area contributed by atoms with Gasteiger partial charge in [0.2, 0.25) is 12.2 Å². The summed E-state index contributed by atoms with van der Waals surface area (Å²) in [6, 6.07) is 0. The van der Waals surface area contributed by atoms with Gasteiger partial charge in [-0.1, -0.05) is 20.8 Å². The zero-order valence-electron chi connectivity index (χ0n) is 18.3. The largest absolute Gasteiger partial charge is 0.390 e. The molecule has 8 nitrogen and oxygen atoms in total. The van der Waals surface area contributed by atoms with Gasteiger partial charge < -0.3 is 10.2 Å². The maximum absolute atomic E-state index is 13.3. The molecule has 3 heterocycles. The lowest BCUT2D eigenvalue weighted by molar-refractivity contribution is -0.136. The average Bonchev–Trinajstić information content (AvgIpc) is 3.22. The van der Waals surface area contributed by atoms with Crippen molar-refractivity contribution in [2.45, 2.75) is 59.9 Å². The molecule has 0 amide bonds. The number of nitrogens with zero attached hydrogens (tertiary/aromatic N) is 5. The smallest absolute Gasteiger partial charge is 0.354 e. The number of aromatic nitrogens is 2. The Balaban J connectivity index is 2.18. The van der Waals surface area contributed by atoms with Gasteiger partial charge in [-0.2, -0.15) is 18.4 Å². The highest BCUT2D eigenvalue weighted by Gasteiger charge is 2.30. The fourth-order valence-electron chi connectivity index (χ4n) is 3.65. The maximum atomic E-state index is 13.3. The minimum atomic E-state index is -4.43. The Kier molecular flexibility index (Phi) is 6.42. The Labute approximate surface area is 186 Å². The van der Waals surface area contributed by atoms with Crippen LogP contribution in [0.1, 0.15) is 37.6 Å². The van der Waals surface area contributed by atoms with Gasteiger partial charge in [0, 0.05) is 31.1 Å². The molecule has 0 saturated carbocycles. The van der Waals surface area contributed by atoms with E-state index < -0.39 is 35.8 Å². The predicted molar refractivity (Wildman–Crippen MR) is 117 cm³/mol.